The molecule has 0 atom stereocenters. The largest absolute Gasteiger partial charge is 0.244 e. The van der Waals surface area contributed by atoms with Gasteiger partial charge in [-0.15, -0.1) is 6.42 Å². The van der Waals surface area contributed by atoms with Gasteiger partial charge in [0.2, 0.25) is 10.0 Å². The monoisotopic (exact) mass is 327 g/mol. The predicted molar refractivity (Wildman–Crippen MR) is 93.1 cm³/mol. The van der Waals surface area contributed by atoms with Crippen LogP contribution in [0.25, 0.3) is 0 Å². The predicted octanol–water partition coefficient (Wildman–Crippen LogP) is 3.12. The summed E-state index contributed by atoms with van der Waals surface area (Å²) in [4.78, 5) is 0.247. The number of nitrogens with zero attached hydrogens (tertiary/aromatic N) is 1. The van der Waals surface area contributed by atoms with E-state index < -0.39 is 10.0 Å². The molecule has 120 valence electrons. The van der Waals surface area contributed by atoms with Crippen molar-refractivity contribution in [2.24, 2.45) is 0 Å². The van der Waals surface area contributed by atoms with Gasteiger partial charge in [0.15, 0.2) is 0 Å². The van der Waals surface area contributed by atoms with Crippen LogP contribution in [0.3, 0.4) is 0 Å². The Morgan fingerprint density at radius 1 is 1.17 bits per heavy atom. The van der Waals surface area contributed by atoms with E-state index in [2.05, 4.69) is 23.8 Å². The van der Waals surface area contributed by atoms with Gasteiger partial charge in [-0.25, -0.2) is 8.42 Å². The Balaban J connectivity index is 2.17. The van der Waals surface area contributed by atoms with Crippen LogP contribution in [-0.4, -0.2) is 25.8 Å². The maximum absolute atomic E-state index is 12.7. The maximum atomic E-state index is 12.7. The van der Waals surface area contributed by atoms with Crippen LogP contribution >= 0.6 is 0 Å². The lowest BCUT2D eigenvalue weighted by molar-refractivity contribution is 0.482. The summed E-state index contributed by atoms with van der Waals surface area (Å²) in [5.74, 6) is 8.45. The average molecular weight is 327 g/mol. The first kappa shape index (κ1) is 17.3. The Kier molecular flexibility index (Phi) is 6.04. The summed E-state index contributed by atoms with van der Waals surface area (Å²) in [6.45, 7) is 2.04. The normalized spacial score (nSPS) is 14.6. The third-order valence-corrected chi connectivity index (χ3v) is 5.53. The summed E-state index contributed by atoms with van der Waals surface area (Å²) in [7, 11) is -3.61. The first-order chi connectivity index (χ1) is 11.0. The van der Waals surface area contributed by atoms with Crippen LogP contribution in [0.15, 0.2) is 40.8 Å². The minimum atomic E-state index is -3.61. The Morgan fingerprint density at radius 2 is 1.91 bits per heavy atom. The molecule has 2 rings (SSSR count). The highest BCUT2D eigenvalue weighted by atomic mass is 32.2. The smallest absolute Gasteiger partial charge is 0.207 e. The quantitative estimate of drug-likeness (QED) is 0.797. The van der Waals surface area contributed by atoms with Crippen LogP contribution in [0, 0.1) is 31.1 Å². The van der Waals surface area contributed by atoms with E-state index in [1.54, 1.807) is 24.3 Å². The van der Waals surface area contributed by atoms with Crippen molar-refractivity contribution in [3.05, 3.63) is 41.5 Å². The molecule has 23 heavy (non-hydrogen) atoms. The van der Waals surface area contributed by atoms with Crippen molar-refractivity contribution in [3.63, 3.8) is 0 Å². The van der Waals surface area contributed by atoms with Crippen LogP contribution in [0.5, 0.6) is 0 Å². The molecule has 0 N–H and O–H groups in total. The molecule has 0 radical (unpaired) electrons. The molecule has 1 aliphatic carbocycles. The van der Waals surface area contributed by atoms with Gasteiger partial charge < -0.3 is 0 Å². The molecule has 0 bridgehead atoms. The maximum Gasteiger partial charge on any atom is 0.244 e. The number of terminal acetylenes is 1. The number of allylic oxidation sites excluding steroid dienone is 2. The van der Waals surface area contributed by atoms with Gasteiger partial charge in [-0.05, 0) is 50.3 Å². The van der Waals surface area contributed by atoms with E-state index in [0.29, 0.717) is 0 Å². The topological polar surface area (TPSA) is 37.4 Å². The lowest BCUT2D eigenvalue weighted by Gasteiger charge is -2.17. The summed E-state index contributed by atoms with van der Waals surface area (Å²) in [6.07, 6.45) is 11.9. The van der Waals surface area contributed by atoms with E-state index in [4.69, 9.17) is 6.42 Å². The standard InChI is InChI=1S/C19H21NO2S/c1-3-15-20(16-7-10-18-8-5-4-6-9-18)23(21,22)19-13-11-17(2)12-14-19/h1,8,11-14H,4-6,9,15-16H2,2H3. The number of benzene rings is 1. The lowest BCUT2D eigenvalue weighted by Crippen LogP contribution is -2.32. The minimum Gasteiger partial charge on any atom is -0.207 e. The third kappa shape index (κ3) is 4.73. The van der Waals surface area contributed by atoms with Crippen molar-refractivity contribution in [1.29, 1.82) is 0 Å². The Labute approximate surface area is 139 Å². The van der Waals surface area contributed by atoms with Crippen LogP contribution in [0.4, 0.5) is 0 Å². The van der Waals surface area contributed by atoms with Crippen LogP contribution < -0.4 is 0 Å². The fourth-order valence-electron chi connectivity index (χ4n) is 2.38. The highest BCUT2D eigenvalue weighted by molar-refractivity contribution is 7.89. The summed E-state index contributed by atoms with van der Waals surface area (Å²) < 4.78 is 26.6. The van der Waals surface area contributed by atoms with E-state index in [1.807, 2.05) is 6.92 Å². The zero-order valence-corrected chi connectivity index (χ0v) is 14.2. The first-order valence-electron chi connectivity index (χ1n) is 7.72. The fraction of sp³-hybridized carbons (Fsp3) is 0.368. The van der Waals surface area contributed by atoms with E-state index in [1.165, 1.54) is 10.7 Å². The van der Waals surface area contributed by atoms with Gasteiger partial charge in [0.05, 0.1) is 18.0 Å². The molecule has 0 saturated heterocycles. The van der Waals surface area contributed by atoms with Crippen LogP contribution in [-0.2, 0) is 10.0 Å². The molecule has 0 spiro atoms. The van der Waals surface area contributed by atoms with Crippen LogP contribution in [0.1, 0.15) is 31.2 Å². The van der Waals surface area contributed by atoms with Gasteiger partial charge in [0.25, 0.3) is 0 Å². The summed E-state index contributed by atoms with van der Waals surface area (Å²) >= 11 is 0. The summed E-state index contributed by atoms with van der Waals surface area (Å²) in [5, 5.41) is 0. The number of aryl methyl sites for hydroxylation is 1. The molecule has 0 fully saturated rings. The fourth-order valence-corrected chi connectivity index (χ4v) is 3.64. The number of sulfonamides is 1. The van der Waals surface area contributed by atoms with Gasteiger partial charge in [-0.2, -0.15) is 4.31 Å². The molecule has 0 heterocycles. The van der Waals surface area contributed by atoms with E-state index in [-0.39, 0.29) is 18.0 Å². The second-order valence-corrected chi connectivity index (χ2v) is 7.51. The molecular formula is C19H21NO2S. The number of hydrogen-bond donors (Lipinski definition) is 0. The highest BCUT2D eigenvalue weighted by Crippen LogP contribution is 2.17. The molecule has 1 aromatic carbocycles. The zero-order chi connectivity index (χ0) is 16.7. The average Bonchev–Trinajstić information content (AvgIpc) is 2.55. The Morgan fingerprint density at radius 3 is 2.52 bits per heavy atom. The van der Waals surface area contributed by atoms with Crippen molar-refractivity contribution < 1.29 is 8.42 Å². The zero-order valence-electron chi connectivity index (χ0n) is 13.4. The SMILES string of the molecule is C#CCN(CC#CC1=CCCCC1)S(=O)(=O)c1ccc(C)cc1. The van der Waals surface area contributed by atoms with Crippen molar-refractivity contribution in [3.8, 4) is 24.2 Å². The first-order valence-corrected chi connectivity index (χ1v) is 9.16. The molecule has 0 aromatic heterocycles. The minimum absolute atomic E-state index is 0.0178. The molecule has 0 unspecified atom stereocenters. The van der Waals surface area contributed by atoms with Crippen molar-refractivity contribution in [2.45, 2.75) is 37.5 Å². The third-order valence-electron chi connectivity index (χ3n) is 3.72. The number of rotatable bonds is 4. The summed E-state index contributed by atoms with van der Waals surface area (Å²) in [5.41, 5.74) is 2.11. The molecular weight excluding hydrogens is 306 g/mol. The van der Waals surface area contributed by atoms with Crippen molar-refractivity contribution in [2.75, 3.05) is 13.1 Å². The lowest BCUT2D eigenvalue weighted by atomic mass is 10.0. The van der Waals surface area contributed by atoms with Crippen LogP contribution in [0.2, 0.25) is 0 Å². The van der Waals surface area contributed by atoms with Gasteiger partial charge in [0, 0.05) is 0 Å². The molecule has 0 saturated carbocycles. The Hall–Kier alpha value is -2.01. The molecule has 1 aromatic rings. The Bertz CT molecular complexity index is 771. The van der Waals surface area contributed by atoms with E-state index in [9.17, 15) is 8.42 Å². The van der Waals surface area contributed by atoms with E-state index in [0.717, 1.165) is 30.4 Å². The van der Waals surface area contributed by atoms with Gasteiger partial charge >= 0.3 is 0 Å². The van der Waals surface area contributed by atoms with Gasteiger partial charge in [-0.3, -0.25) is 0 Å². The molecule has 1 aliphatic rings. The molecule has 0 amide bonds. The molecule has 4 heteroatoms. The van der Waals surface area contributed by atoms with Gasteiger partial charge in [0.1, 0.15) is 0 Å². The van der Waals surface area contributed by atoms with E-state index >= 15 is 0 Å². The molecule has 3 nitrogen and oxygen atoms in total. The second kappa shape index (κ2) is 8.02. The number of hydrogen-bond acceptors (Lipinski definition) is 2. The van der Waals surface area contributed by atoms with Crippen molar-refractivity contribution >= 4 is 10.0 Å². The highest BCUT2D eigenvalue weighted by Gasteiger charge is 2.22. The summed E-state index contributed by atoms with van der Waals surface area (Å²) in [6, 6.07) is 6.76. The van der Waals surface area contributed by atoms with Gasteiger partial charge in [-0.1, -0.05) is 41.5 Å². The molecule has 0 aliphatic heterocycles. The second-order valence-electron chi connectivity index (χ2n) is 5.57. The van der Waals surface area contributed by atoms with Crippen molar-refractivity contribution in [1.82, 2.24) is 4.31 Å².